The van der Waals surface area contributed by atoms with Gasteiger partial charge in [-0.1, -0.05) is 29.8 Å². The van der Waals surface area contributed by atoms with Gasteiger partial charge in [0.25, 0.3) is 0 Å². The van der Waals surface area contributed by atoms with E-state index in [0.29, 0.717) is 10.6 Å². The molecule has 19 heavy (non-hydrogen) atoms. The first-order valence-corrected chi connectivity index (χ1v) is 6.08. The molecule has 2 aromatic carbocycles. The average molecular weight is 283 g/mol. The van der Waals surface area contributed by atoms with Gasteiger partial charge in [-0.3, -0.25) is 5.84 Å². The van der Waals surface area contributed by atoms with Gasteiger partial charge in [0, 0.05) is 5.02 Å². The van der Waals surface area contributed by atoms with Crippen molar-refractivity contribution in [2.75, 3.05) is 0 Å². The number of hydrogen-bond donors (Lipinski definition) is 2. The van der Waals surface area contributed by atoms with Crippen molar-refractivity contribution < 1.29 is 8.78 Å². The zero-order valence-electron chi connectivity index (χ0n) is 10.3. The van der Waals surface area contributed by atoms with E-state index < -0.39 is 17.7 Å². The fourth-order valence-electron chi connectivity index (χ4n) is 1.87. The molecule has 5 heteroatoms. The zero-order valence-corrected chi connectivity index (χ0v) is 11.0. The van der Waals surface area contributed by atoms with E-state index in [1.165, 1.54) is 6.07 Å². The highest BCUT2D eigenvalue weighted by Gasteiger charge is 2.15. The topological polar surface area (TPSA) is 38.0 Å². The second kappa shape index (κ2) is 5.65. The molecule has 0 fully saturated rings. The van der Waals surface area contributed by atoms with Crippen LogP contribution in [0.1, 0.15) is 22.7 Å². The van der Waals surface area contributed by atoms with Gasteiger partial charge in [0.1, 0.15) is 0 Å². The molecule has 0 aromatic heterocycles. The van der Waals surface area contributed by atoms with Gasteiger partial charge in [-0.15, -0.1) is 0 Å². The third-order valence-electron chi connectivity index (χ3n) is 2.97. The molecular weight excluding hydrogens is 270 g/mol. The van der Waals surface area contributed by atoms with Crippen LogP contribution in [0.3, 0.4) is 0 Å². The van der Waals surface area contributed by atoms with Crippen LogP contribution in [0.2, 0.25) is 5.02 Å². The third-order valence-corrected chi connectivity index (χ3v) is 3.38. The van der Waals surface area contributed by atoms with Gasteiger partial charge in [0.2, 0.25) is 0 Å². The number of hydrazine groups is 1. The molecule has 0 aliphatic carbocycles. The number of aryl methyl sites for hydroxylation is 1. The molecule has 0 radical (unpaired) electrons. The summed E-state index contributed by atoms with van der Waals surface area (Å²) in [6, 6.07) is 8.67. The standard InChI is InChI=1S/C14H13ClF2N2/c1-8-2-3-9(6-11(8)15)14(19-18)10-4-5-12(16)13(17)7-10/h2-7,14,19H,18H2,1H3. The summed E-state index contributed by atoms with van der Waals surface area (Å²) in [4.78, 5) is 0. The van der Waals surface area contributed by atoms with Crippen molar-refractivity contribution in [1.29, 1.82) is 0 Å². The molecule has 0 saturated heterocycles. The van der Waals surface area contributed by atoms with Crippen LogP contribution in [0.15, 0.2) is 36.4 Å². The lowest BCUT2D eigenvalue weighted by Gasteiger charge is -2.18. The van der Waals surface area contributed by atoms with Crippen molar-refractivity contribution in [2.45, 2.75) is 13.0 Å². The minimum Gasteiger partial charge on any atom is -0.271 e. The van der Waals surface area contributed by atoms with Crippen LogP contribution in [0.5, 0.6) is 0 Å². The highest BCUT2D eigenvalue weighted by Crippen LogP contribution is 2.26. The van der Waals surface area contributed by atoms with Crippen molar-refractivity contribution in [3.05, 3.63) is 69.7 Å². The Balaban J connectivity index is 2.43. The predicted octanol–water partition coefficient (Wildman–Crippen LogP) is 3.48. The van der Waals surface area contributed by atoms with E-state index in [2.05, 4.69) is 5.43 Å². The van der Waals surface area contributed by atoms with Crippen LogP contribution < -0.4 is 11.3 Å². The number of benzene rings is 2. The average Bonchev–Trinajstić information content (AvgIpc) is 2.39. The van der Waals surface area contributed by atoms with Crippen LogP contribution >= 0.6 is 11.6 Å². The molecule has 100 valence electrons. The fourth-order valence-corrected chi connectivity index (χ4v) is 2.05. The Morgan fingerprint density at radius 1 is 1.05 bits per heavy atom. The maximum absolute atomic E-state index is 13.3. The highest BCUT2D eigenvalue weighted by atomic mass is 35.5. The Morgan fingerprint density at radius 2 is 1.68 bits per heavy atom. The minimum atomic E-state index is -0.907. The SMILES string of the molecule is Cc1ccc(C(NN)c2ccc(F)c(F)c2)cc1Cl. The molecular formula is C14H13ClF2N2. The van der Waals surface area contributed by atoms with Crippen LogP contribution in [-0.4, -0.2) is 0 Å². The van der Waals surface area contributed by atoms with Crippen molar-refractivity contribution >= 4 is 11.6 Å². The Labute approximate surface area is 115 Å². The number of nitrogens with two attached hydrogens (primary N) is 1. The lowest BCUT2D eigenvalue weighted by atomic mass is 9.98. The molecule has 0 spiro atoms. The molecule has 1 atom stereocenters. The Bertz CT molecular complexity index is 550. The Morgan fingerprint density at radius 3 is 2.26 bits per heavy atom. The summed E-state index contributed by atoms with van der Waals surface area (Å²) in [5.74, 6) is 3.71. The summed E-state index contributed by atoms with van der Waals surface area (Å²) in [5.41, 5.74) is 4.83. The highest BCUT2D eigenvalue weighted by molar-refractivity contribution is 6.31. The maximum Gasteiger partial charge on any atom is 0.159 e. The normalized spacial score (nSPS) is 12.5. The zero-order chi connectivity index (χ0) is 14.0. The maximum atomic E-state index is 13.3. The molecule has 0 amide bonds. The van der Waals surface area contributed by atoms with Crippen molar-refractivity contribution in [1.82, 2.24) is 5.43 Å². The minimum absolute atomic E-state index is 0.451. The van der Waals surface area contributed by atoms with Gasteiger partial charge in [0.15, 0.2) is 11.6 Å². The van der Waals surface area contributed by atoms with Gasteiger partial charge < -0.3 is 0 Å². The van der Waals surface area contributed by atoms with E-state index in [1.54, 1.807) is 6.07 Å². The molecule has 3 N–H and O–H groups in total. The number of hydrogen-bond acceptors (Lipinski definition) is 2. The third kappa shape index (κ3) is 2.92. The fraction of sp³-hybridized carbons (Fsp3) is 0.143. The van der Waals surface area contributed by atoms with E-state index in [9.17, 15) is 8.78 Å². The molecule has 2 nitrogen and oxygen atoms in total. The smallest absolute Gasteiger partial charge is 0.159 e. The molecule has 1 unspecified atom stereocenters. The summed E-state index contributed by atoms with van der Waals surface area (Å²) >= 11 is 6.06. The van der Waals surface area contributed by atoms with E-state index in [1.807, 2.05) is 19.1 Å². The van der Waals surface area contributed by atoms with Gasteiger partial charge >= 0.3 is 0 Å². The van der Waals surface area contributed by atoms with Gasteiger partial charge in [0.05, 0.1) is 6.04 Å². The lowest BCUT2D eigenvalue weighted by Crippen LogP contribution is -2.29. The lowest BCUT2D eigenvalue weighted by molar-refractivity contribution is 0.504. The van der Waals surface area contributed by atoms with Crippen molar-refractivity contribution in [2.24, 2.45) is 5.84 Å². The van der Waals surface area contributed by atoms with E-state index in [4.69, 9.17) is 17.4 Å². The van der Waals surface area contributed by atoms with Crippen LogP contribution in [0.25, 0.3) is 0 Å². The van der Waals surface area contributed by atoms with Crippen molar-refractivity contribution in [3.8, 4) is 0 Å². The summed E-state index contributed by atoms with van der Waals surface area (Å²) in [5, 5.41) is 0.598. The number of halogens is 3. The number of rotatable bonds is 3. The molecule has 0 heterocycles. The monoisotopic (exact) mass is 282 g/mol. The van der Waals surface area contributed by atoms with Gasteiger partial charge in [-0.25, -0.2) is 14.2 Å². The molecule has 0 aliphatic rings. The van der Waals surface area contributed by atoms with Crippen LogP contribution in [-0.2, 0) is 0 Å². The molecule has 2 aromatic rings. The second-order valence-electron chi connectivity index (χ2n) is 4.28. The van der Waals surface area contributed by atoms with Crippen LogP contribution in [0, 0.1) is 18.6 Å². The van der Waals surface area contributed by atoms with Crippen LogP contribution in [0.4, 0.5) is 8.78 Å². The first-order valence-electron chi connectivity index (χ1n) is 5.70. The second-order valence-corrected chi connectivity index (χ2v) is 4.69. The molecule has 0 saturated carbocycles. The molecule has 0 aliphatic heterocycles. The summed E-state index contributed by atoms with van der Waals surface area (Å²) < 4.78 is 26.2. The number of nitrogens with one attached hydrogen (secondary N) is 1. The van der Waals surface area contributed by atoms with E-state index >= 15 is 0 Å². The quantitative estimate of drug-likeness (QED) is 0.668. The summed E-state index contributed by atoms with van der Waals surface area (Å²) in [7, 11) is 0. The largest absolute Gasteiger partial charge is 0.271 e. The Kier molecular flexibility index (Phi) is 4.14. The Hall–Kier alpha value is -1.49. The summed E-state index contributed by atoms with van der Waals surface area (Å²) in [6.07, 6.45) is 0. The van der Waals surface area contributed by atoms with Gasteiger partial charge in [-0.2, -0.15) is 0 Å². The predicted molar refractivity (Wildman–Crippen MR) is 71.7 cm³/mol. The van der Waals surface area contributed by atoms with Gasteiger partial charge in [-0.05, 0) is 41.8 Å². The first kappa shape index (κ1) is 13.9. The molecule has 0 bridgehead atoms. The first-order chi connectivity index (χ1) is 9.02. The summed E-state index contributed by atoms with van der Waals surface area (Å²) in [6.45, 7) is 1.88. The van der Waals surface area contributed by atoms with Crippen molar-refractivity contribution in [3.63, 3.8) is 0 Å². The van der Waals surface area contributed by atoms with E-state index in [0.717, 1.165) is 23.3 Å². The molecule has 2 rings (SSSR count). The van der Waals surface area contributed by atoms with E-state index in [-0.39, 0.29) is 0 Å².